The number of hydrogen-bond acceptors (Lipinski definition) is 4. The van der Waals surface area contributed by atoms with Crippen LogP contribution < -0.4 is 0 Å². The minimum atomic E-state index is -4.45. The topological polar surface area (TPSA) is 50.6 Å². The summed E-state index contributed by atoms with van der Waals surface area (Å²) in [7, 11) is 0. The van der Waals surface area contributed by atoms with Crippen molar-refractivity contribution in [2.75, 3.05) is 32.7 Å². The Balaban J connectivity index is 1.67. The summed E-state index contributed by atoms with van der Waals surface area (Å²) in [5.41, 5.74) is -1.40. The molecule has 2 aliphatic rings. The van der Waals surface area contributed by atoms with E-state index in [0.29, 0.717) is 38.3 Å². The van der Waals surface area contributed by atoms with Crippen molar-refractivity contribution in [3.05, 3.63) is 17.7 Å². The lowest BCUT2D eigenvalue weighted by Gasteiger charge is -2.33. The van der Waals surface area contributed by atoms with Gasteiger partial charge in [-0.2, -0.15) is 13.2 Å². The van der Waals surface area contributed by atoms with Crippen LogP contribution in [0.25, 0.3) is 0 Å². The molecule has 3 heterocycles. The summed E-state index contributed by atoms with van der Waals surface area (Å²) in [6, 6.07) is 0. The molecule has 0 aliphatic carbocycles. The molecular weight excluding hydrogens is 385 g/mol. The monoisotopic (exact) mass is 416 g/mol. The highest BCUT2D eigenvalue weighted by Gasteiger charge is 2.37. The largest absolute Gasteiger partial charge is 0.444 e. The highest BCUT2D eigenvalue weighted by Crippen LogP contribution is 2.33. The number of imidazole rings is 1. The molecule has 1 amide bonds. The summed E-state index contributed by atoms with van der Waals surface area (Å²) in [6.07, 6.45) is -0.226. The van der Waals surface area contributed by atoms with Gasteiger partial charge in [0.25, 0.3) is 0 Å². The number of nitrogens with zero attached hydrogens (tertiary/aromatic N) is 4. The maximum absolute atomic E-state index is 13.3. The molecule has 0 spiro atoms. The van der Waals surface area contributed by atoms with Crippen LogP contribution in [0, 0.1) is 0 Å². The molecule has 0 aromatic carbocycles. The van der Waals surface area contributed by atoms with E-state index in [1.54, 1.807) is 9.47 Å². The molecule has 9 heteroatoms. The zero-order chi connectivity index (χ0) is 21.2. The first-order valence-corrected chi connectivity index (χ1v) is 10.4. The molecule has 164 valence electrons. The number of hydrogen-bond donors (Lipinski definition) is 0. The molecule has 6 nitrogen and oxygen atoms in total. The smallest absolute Gasteiger partial charge is 0.434 e. The van der Waals surface area contributed by atoms with E-state index >= 15 is 0 Å². The van der Waals surface area contributed by atoms with Crippen molar-refractivity contribution in [2.45, 2.75) is 70.7 Å². The standard InChI is InChI=1S/C20H31F3N4O2/c1-19(2,3)29-18(28)26-10-6-15(7-11-26)17-24-16(20(21,22)23)14-27(17)13-12-25-8-4-5-9-25/h14-15H,4-13H2,1-3H3. The molecule has 0 atom stereocenters. The number of halogens is 3. The van der Waals surface area contributed by atoms with E-state index in [2.05, 4.69) is 9.88 Å². The molecule has 0 N–H and O–H groups in total. The van der Waals surface area contributed by atoms with E-state index in [4.69, 9.17) is 4.74 Å². The molecule has 2 saturated heterocycles. The molecule has 0 unspecified atom stereocenters. The number of ether oxygens (including phenoxy) is 1. The minimum absolute atomic E-state index is 0.0941. The van der Waals surface area contributed by atoms with Crippen molar-refractivity contribution < 1.29 is 22.7 Å². The normalized spacial score (nSPS) is 19.7. The van der Waals surface area contributed by atoms with Crippen molar-refractivity contribution in [2.24, 2.45) is 0 Å². The average Bonchev–Trinajstić information content (AvgIpc) is 3.28. The van der Waals surface area contributed by atoms with Crippen molar-refractivity contribution in [3.8, 4) is 0 Å². The molecule has 29 heavy (non-hydrogen) atoms. The number of piperidine rings is 1. The maximum Gasteiger partial charge on any atom is 0.434 e. The van der Waals surface area contributed by atoms with Gasteiger partial charge in [-0.3, -0.25) is 0 Å². The summed E-state index contributed by atoms with van der Waals surface area (Å²) in [5.74, 6) is 0.392. The van der Waals surface area contributed by atoms with Crippen LogP contribution in [0.15, 0.2) is 6.20 Å². The number of alkyl halides is 3. The van der Waals surface area contributed by atoms with Crippen LogP contribution in [0.1, 0.15) is 63.9 Å². The number of likely N-dealkylation sites (tertiary alicyclic amines) is 2. The fourth-order valence-corrected chi connectivity index (χ4v) is 3.97. The molecule has 0 bridgehead atoms. The van der Waals surface area contributed by atoms with Crippen molar-refractivity contribution in [3.63, 3.8) is 0 Å². The summed E-state index contributed by atoms with van der Waals surface area (Å²) in [6.45, 7) is 9.60. The van der Waals surface area contributed by atoms with E-state index in [1.807, 2.05) is 20.8 Å². The average molecular weight is 416 g/mol. The summed E-state index contributed by atoms with van der Waals surface area (Å²) in [4.78, 5) is 20.1. The predicted molar refractivity (Wildman–Crippen MR) is 103 cm³/mol. The highest BCUT2D eigenvalue weighted by molar-refractivity contribution is 5.68. The molecule has 1 aromatic rings. The molecule has 3 rings (SSSR count). The first-order valence-electron chi connectivity index (χ1n) is 10.4. The van der Waals surface area contributed by atoms with Gasteiger partial charge < -0.3 is 19.1 Å². The second kappa shape index (κ2) is 8.53. The SMILES string of the molecule is CC(C)(C)OC(=O)N1CCC(c2nc(C(F)(F)F)cn2CCN2CCCC2)CC1. The van der Waals surface area contributed by atoms with E-state index in [1.165, 1.54) is 0 Å². The number of amides is 1. The van der Waals surface area contributed by atoms with Crippen LogP contribution in [0.4, 0.5) is 18.0 Å². The van der Waals surface area contributed by atoms with E-state index in [0.717, 1.165) is 38.7 Å². The second-order valence-electron chi connectivity index (χ2n) is 8.97. The van der Waals surface area contributed by atoms with Crippen molar-refractivity contribution in [1.82, 2.24) is 19.4 Å². The van der Waals surface area contributed by atoms with Gasteiger partial charge in [0.2, 0.25) is 0 Å². The summed E-state index contributed by atoms with van der Waals surface area (Å²) < 4.78 is 46.9. The van der Waals surface area contributed by atoms with Gasteiger partial charge in [0.05, 0.1) is 0 Å². The number of carbonyl (C=O) groups excluding carboxylic acids is 1. The van der Waals surface area contributed by atoms with Gasteiger partial charge in [0.1, 0.15) is 11.4 Å². The lowest BCUT2D eigenvalue weighted by Crippen LogP contribution is -2.41. The van der Waals surface area contributed by atoms with Gasteiger partial charge in [0.15, 0.2) is 5.69 Å². The van der Waals surface area contributed by atoms with Gasteiger partial charge in [-0.25, -0.2) is 9.78 Å². The van der Waals surface area contributed by atoms with Gasteiger partial charge >= 0.3 is 12.3 Å². The first-order chi connectivity index (χ1) is 13.5. The highest BCUT2D eigenvalue weighted by atomic mass is 19.4. The Hall–Kier alpha value is -1.77. The van der Waals surface area contributed by atoms with E-state index in [-0.39, 0.29) is 12.0 Å². The van der Waals surface area contributed by atoms with Gasteiger partial charge in [-0.1, -0.05) is 0 Å². The quantitative estimate of drug-likeness (QED) is 0.741. The molecule has 0 radical (unpaired) electrons. The van der Waals surface area contributed by atoms with Gasteiger partial charge in [0, 0.05) is 38.3 Å². The van der Waals surface area contributed by atoms with Crippen LogP contribution in [0.5, 0.6) is 0 Å². The fraction of sp³-hybridized carbons (Fsp3) is 0.800. The third-order valence-electron chi connectivity index (χ3n) is 5.47. The fourth-order valence-electron chi connectivity index (χ4n) is 3.97. The zero-order valence-corrected chi connectivity index (χ0v) is 17.5. The molecule has 2 aliphatic heterocycles. The Labute approximate surface area is 170 Å². The molecular formula is C20H31F3N4O2. The molecule has 2 fully saturated rings. The maximum atomic E-state index is 13.3. The van der Waals surface area contributed by atoms with E-state index in [9.17, 15) is 18.0 Å². The third-order valence-corrected chi connectivity index (χ3v) is 5.47. The van der Waals surface area contributed by atoms with Crippen LogP contribution in [0.2, 0.25) is 0 Å². The molecule has 0 saturated carbocycles. The van der Waals surface area contributed by atoms with Gasteiger partial charge in [-0.15, -0.1) is 0 Å². The Morgan fingerprint density at radius 1 is 1.10 bits per heavy atom. The van der Waals surface area contributed by atoms with Crippen LogP contribution >= 0.6 is 0 Å². The number of rotatable bonds is 4. The summed E-state index contributed by atoms with van der Waals surface area (Å²) in [5, 5.41) is 0. The predicted octanol–water partition coefficient (Wildman–Crippen LogP) is 4.11. The van der Waals surface area contributed by atoms with E-state index < -0.39 is 17.5 Å². The first kappa shape index (κ1) is 21.9. The summed E-state index contributed by atoms with van der Waals surface area (Å²) >= 11 is 0. The number of aromatic nitrogens is 2. The Kier molecular flexibility index (Phi) is 6.45. The number of carbonyl (C=O) groups is 1. The van der Waals surface area contributed by atoms with Crippen LogP contribution in [-0.4, -0.2) is 63.8 Å². The van der Waals surface area contributed by atoms with Crippen molar-refractivity contribution in [1.29, 1.82) is 0 Å². The lowest BCUT2D eigenvalue weighted by atomic mass is 9.96. The third kappa shape index (κ3) is 5.87. The van der Waals surface area contributed by atoms with Crippen LogP contribution in [-0.2, 0) is 17.5 Å². The Morgan fingerprint density at radius 3 is 2.28 bits per heavy atom. The Morgan fingerprint density at radius 2 is 1.72 bits per heavy atom. The Bertz CT molecular complexity index is 698. The van der Waals surface area contributed by atoms with Crippen LogP contribution in [0.3, 0.4) is 0 Å². The lowest BCUT2D eigenvalue weighted by molar-refractivity contribution is -0.141. The molecule has 1 aromatic heterocycles. The second-order valence-corrected chi connectivity index (χ2v) is 8.97. The minimum Gasteiger partial charge on any atom is -0.444 e. The zero-order valence-electron chi connectivity index (χ0n) is 17.5. The van der Waals surface area contributed by atoms with Crippen molar-refractivity contribution >= 4 is 6.09 Å². The van der Waals surface area contributed by atoms with Gasteiger partial charge in [-0.05, 0) is 59.5 Å².